The molecule has 1 aliphatic carbocycles. The molecule has 1 saturated heterocycles. The van der Waals surface area contributed by atoms with E-state index in [2.05, 4.69) is 18.8 Å². The normalized spacial score (nSPS) is 18.8. The Morgan fingerprint density at radius 3 is 2.38 bits per heavy atom. The number of rotatable bonds is 8. The molecular weight excluding hydrogens is 500 g/mol. The Kier molecular flexibility index (Phi) is 7.79. The minimum Gasteiger partial charge on any atom is -0.433 e. The highest BCUT2D eigenvalue weighted by Gasteiger charge is 2.31. The lowest BCUT2D eigenvalue weighted by Crippen LogP contribution is -2.35. The van der Waals surface area contributed by atoms with Gasteiger partial charge in [-0.3, -0.25) is 19.1 Å². The Hall–Kier alpha value is -3.98. The summed E-state index contributed by atoms with van der Waals surface area (Å²) < 4.78 is 17.5. The van der Waals surface area contributed by atoms with Gasteiger partial charge < -0.3 is 14.2 Å². The van der Waals surface area contributed by atoms with Gasteiger partial charge in [0.2, 0.25) is 0 Å². The fourth-order valence-electron chi connectivity index (χ4n) is 5.45. The first kappa shape index (κ1) is 26.6. The molecule has 2 aromatic carbocycles. The minimum atomic E-state index is -1.14. The fraction of sp³-hybridized carbons (Fsp3) is 0.400. The van der Waals surface area contributed by atoms with Gasteiger partial charge in [-0.1, -0.05) is 68.8 Å². The second-order valence-electron chi connectivity index (χ2n) is 10.3. The molecule has 1 aliphatic heterocycles. The van der Waals surface area contributed by atoms with Gasteiger partial charge in [0.15, 0.2) is 0 Å². The van der Waals surface area contributed by atoms with Gasteiger partial charge in [0.25, 0.3) is 5.56 Å². The number of aromatic nitrogens is 2. The second-order valence-corrected chi connectivity index (χ2v) is 10.3. The first-order valence-electron chi connectivity index (χ1n) is 13.4. The molecule has 1 N–H and O–H groups in total. The number of benzene rings is 2. The predicted molar refractivity (Wildman–Crippen MR) is 143 cm³/mol. The van der Waals surface area contributed by atoms with Crippen LogP contribution in [0, 0.1) is 5.92 Å². The number of aromatic amines is 1. The Bertz CT molecular complexity index is 1450. The Morgan fingerprint density at radius 2 is 1.72 bits per heavy atom. The Morgan fingerprint density at radius 1 is 1.05 bits per heavy atom. The second kappa shape index (κ2) is 11.4. The number of carbonyl (C=O) groups excluding carboxylic acids is 2. The molecule has 9 heteroatoms. The summed E-state index contributed by atoms with van der Waals surface area (Å²) in [6.45, 7) is 4.28. The monoisotopic (exact) mass is 532 g/mol. The largest absolute Gasteiger partial charge is 0.516 e. The molecule has 0 bridgehead atoms. The van der Waals surface area contributed by atoms with E-state index < -0.39 is 36.0 Å². The molecule has 9 nitrogen and oxygen atoms in total. The van der Waals surface area contributed by atoms with Gasteiger partial charge in [-0.05, 0) is 47.4 Å². The van der Waals surface area contributed by atoms with E-state index in [0.29, 0.717) is 12.3 Å². The number of carbonyl (C=O) groups is 2. The van der Waals surface area contributed by atoms with Crippen molar-refractivity contribution in [2.45, 2.75) is 64.2 Å². The van der Waals surface area contributed by atoms with Crippen molar-refractivity contribution in [1.82, 2.24) is 9.55 Å². The summed E-state index contributed by atoms with van der Waals surface area (Å²) in [5.74, 6) is -0.629. The van der Waals surface area contributed by atoms with Crippen molar-refractivity contribution in [2.24, 2.45) is 5.92 Å². The van der Waals surface area contributed by atoms with Crippen LogP contribution < -0.4 is 11.2 Å². The smallest absolute Gasteiger partial charge is 0.433 e. The molecule has 39 heavy (non-hydrogen) atoms. The zero-order valence-corrected chi connectivity index (χ0v) is 22.1. The topological polar surface area (TPSA) is 117 Å². The lowest BCUT2D eigenvalue weighted by atomic mass is 9.98. The van der Waals surface area contributed by atoms with Crippen LogP contribution in [0.25, 0.3) is 11.1 Å². The van der Waals surface area contributed by atoms with Crippen LogP contribution in [0.15, 0.2) is 64.3 Å². The molecule has 3 aromatic rings. The molecule has 5 rings (SSSR count). The van der Waals surface area contributed by atoms with Gasteiger partial charge in [0, 0.05) is 17.7 Å². The average Bonchev–Trinajstić information content (AvgIpc) is 3.51. The van der Waals surface area contributed by atoms with E-state index in [1.165, 1.54) is 10.8 Å². The SMILES string of the molecule is CCC(C)CC1CC[C@H](n2cc(CC(=O)OC(=O)OCC3c4ccccc4-c4ccccc43)c(=O)[nH]c2=O)O1. The van der Waals surface area contributed by atoms with Crippen molar-refractivity contribution in [1.29, 1.82) is 0 Å². The standard InChI is InChI=1S/C30H32N2O7/c1-3-18(2)14-20-12-13-26(38-20)32-16-19(28(34)31-29(32)35)15-27(33)39-30(36)37-17-25-23-10-6-4-8-21(23)22-9-5-7-11-24(22)25/h4-11,16,18,20,25-26H,3,12-15,17H2,1-2H3,(H,31,34,35)/t18?,20?,26-/m1/s1. The van der Waals surface area contributed by atoms with Gasteiger partial charge in [-0.2, -0.15) is 0 Å². The fourth-order valence-corrected chi connectivity index (χ4v) is 5.45. The van der Waals surface area contributed by atoms with E-state index in [-0.39, 0.29) is 24.2 Å². The van der Waals surface area contributed by atoms with Gasteiger partial charge in [-0.25, -0.2) is 9.59 Å². The number of nitrogens with zero attached hydrogens (tertiary/aromatic N) is 1. The molecule has 2 aliphatic rings. The van der Waals surface area contributed by atoms with Crippen molar-refractivity contribution < 1.29 is 23.8 Å². The Balaban J connectivity index is 1.20. The quantitative estimate of drug-likeness (QED) is 0.331. The molecular formula is C30H32N2O7. The number of hydrogen-bond donors (Lipinski definition) is 1. The van der Waals surface area contributed by atoms with Crippen molar-refractivity contribution >= 4 is 12.1 Å². The maximum Gasteiger partial charge on any atom is 0.516 e. The van der Waals surface area contributed by atoms with Crippen molar-refractivity contribution in [3.8, 4) is 11.1 Å². The third-order valence-corrected chi connectivity index (χ3v) is 7.66. The number of H-pyrrole nitrogens is 1. The highest BCUT2D eigenvalue weighted by atomic mass is 16.7. The summed E-state index contributed by atoms with van der Waals surface area (Å²) in [6, 6.07) is 15.8. The number of fused-ring (bicyclic) bond motifs is 3. The molecule has 0 amide bonds. The molecule has 204 valence electrons. The summed E-state index contributed by atoms with van der Waals surface area (Å²) in [7, 11) is 0. The molecule has 2 unspecified atom stereocenters. The third-order valence-electron chi connectivity index (χ3n) is 7.66. The summed E-state index contributed by atoms with van der Waals surface area (Å²) >= 11 is 0. The van der Waals surface area contributed by atoms with Gasteiger partial charge in [0.1, 0.15) is 12.8 Å². The van der Waals surface area contributed by atoms with Crippen LogP contribution in [0.2, 0.25) is 0 Å². The van der Waals surface area contributed by atoms with Crippen molar-refractivity contribution in [3.05, 3.63) is 92.3 Å². The van der Waals surface area contributed by atoms with Gasteiger partial charge >= 0.3 is 17.8 Å². The van der Waals surface area contributed by atoms with Crippen LogP contribution in [-0.2, 0) is 25.4 Å². The van der Waals surface area contributed by atoms with Crippen LogP contribution in [0.4, 0.5) is 4.79 Å². The van der Waals surface area contributed by atoms with Crippen LogP contribution in [0.3, 0.4) is 0 Å². The summed E-state index contributed by atoms with van der Waals surface area (Å²) in [5, 5.41) is 0. The lowest BCUT2D eigenvalue weighted by molar-refractivity contribution is -0.139. The lowest BCUT2D eigenvalue weighted by Gasteiger charge is -2.18. The highest BCUT2D eigenvalue weighted by molar-refractivity contribution is 5.83. The molecule has 1 fully saturated rings. The van der Waals surface area contributed by atoms with E-state index in [9.17, 15) is 19.2 Å². The van der Waals surface area contributed by atoms with Crippen LogP contribution in [-0.4, -0.2) is 34.4 Å². The molecule has 0 radical (unpaired) electrons. The minimum absolute atomic E-state index is 0.0000221. The summed E-state index contributed by atoms with van der Waals surface area (Å²) in [6.07, 6.45) is 2.55. The van der Waals surface area contributed by atoms with Gasteiger partial charge in [-0.15, -0.1) is 0 Å². The van der Waals surface area contributed by atoms with Gasteiger partial charge in [0.05, 0.1) is 12.5 Å². The van der Waals surface area contributed by atoms with E-state index in [1.54, 1.807) is 0 Å². The number of hydrogen-bond acceptors (Lipinski definition) is 7. The molecule has 0 saturated carbocycles. The third kappa shape index (κ3) is 5.73. The summed E-state index contributed by atoms with van der Waals surface area (Å²) in [4.78, 5) is 51.9. The van der Waals surface area contributed by atoms with Crippen molar-refractivity contribution in [2.75, 3.05) is 6.61 Å². The molecule has 0 spiro atoms. The molecule has 2 heterocycles. The highest BCUT2D eigenvalue weighted by Crippen LogP contribution is 2.44. The summed E-state index contributed by atoms with van der Waals surface area (Å²) in [5.41, 5.74) is 2.91. The predicted octanol–water partition coefficient (Wildman–Crippen LogP) is 4.69. The van der Waals surface area contributed by atoms with E-state index in [0.717, 1.165) is 41.5 Å². The molecule has 3 atom stereocenters. The van der Waals surface area contributed by atoms with E-state index >= 15 is 0 Å². The molecule has 1 aromatic heterocycles. The van der Waals surface area contributed by atoms with E-state index in [4.69, 9.17) is 14.2 Å². The average molecular weight is 533 g/mol. The Labute approximate surface area is 225 Å². The van der Waals surface area contributed by atoms with Crippen LogP contribution in [0.5, 0.6) is 0 Å². The maximum absolute atomic E-state index is 12.5. The first-order chi connectivity index (χ1) is 18.8. The van der Waals surface area contributed by atoms with Crippen molar-refractivity contribution in [3.63, 3.8) is 0 Å². The first-order valence-corrected chi connectivity index (χ1v) is 13.4. The number of nitrogens with one attached hydrogen (secondary N) is 1. The number of ether oxygens (including phenoxy) is 3. The van der Waals surface area contributed by atoms with Crippen LogP contribution in [0.1, 0.15) is 68.4 Å². The zero-order valence-electron chi connectivity index (χ0n) is 22.1. The maximum atomic E-state index is 12.5. The van der Waals surface area contributed by atoms with E-state index in [1.807, 2.05) is 48.5 Å². The number of esters is 1. The van der Waals surface area contributed by atoms with Crippen LogP contribution >= 0.6 is 0 Å². The zero-order chi connectivity index (χ0) is 27.5.